The lowest BCUT2D eigenvalue weighted by atomic mass is 9.90. The van der Waals surface area contributed by atoms with Gasteiger partial charge in [0.25, 0.3) is 11.7 Å². The SMILES string of the molecule is NC(=O)C1(N[C@@H]2CCCC[C@@H]2N)N=CC=C(Nc2cncc(F)c2)N1. The molecule has 0 saturated heterocycles. The standard InChI is InChI=1S/C16H22FN7O/c17-10-7-11(9-20-8-10)22-14-5-6-21-16(24-14,15(19)25)23-13-4-2-1-3-12(13)18/h5-9,12-13,22-24H,1-4,18H2,(H2,19,25)/t12-,13+,16?/m0/s1. The normalized spacial score (nSPS) is 28.8. The lowest BCUT2D eigenvalue weighted by Crippen LogP contribution is -2.69. The van der Waals surface area contributed by atoms with E-state index in [0.29, 0.717) is 11.5 Å². The molecule has 1 aliphatic heterocycles. The van der Waals surface area contributed by atoms with E-state index >= 15 is 0 Å². The summed E-state index contributed by atoms with van der Waals surface area (Å²) in [6.45, 7) is 0. The molecule has 9 heteroatoms. The maximum atomic E-state index is 13.3. The molecule has 0 spiro atoms. The van der Waals surface area contributed by atoms with Gasteiger partial charge in [-0.3, -0.25) is 15.1 Å². The van der Waals surface area contributed by atoms with Crippen molar-refractivity contribution < 1.29 is 9.18 Å². The topological polar surface area (TPSA) is 130 Å². The fourth-order valence-corrected chi connectivity index (χ4v) is 3.08. The van der Waals surface area contributed by atoms with Crippen LogP contribution < -0.4 is 27.4 Å². The minimum atomic E-state index is -1.50. The number of hydrogen-bond donors (Lipinski definition) is 5. The van der Waals surface area contributed by atoms with Crippen molar-refractivity contribution in [2.24, 2.45) is 16.5 Å². The number of aromatic nitrogens is 1. The summed E-state index contributed by atoms with van der Waals surface area (Å²) in [7, 11) is 0. The van der Waals surface area contributed by atoms with E-state index in [-0.39, 0.29) is 12.1 Å². The average Bonchev–Trinajstić information content (AvgIpc) is 2.57. The van der Waals surface area contributed by atoms with Crippen LogP contribution in [0, 0.1) is 5.82 Å². The molecule has 1 fully saturated rings. The van der Waals surface area contributed by atoms with Crippen molar-refractivity contribution in [3.8, 4) is 0 Å². The molecule has 2 heterocycles. The van der Waals surface area contributed by atoms with E-state index in [1.54, 1.807) is 6.08 Å². The Balaban J connectivity index is 1.76. The second-order valence-corrected chi connectivity index (χ2v) is 6.27. The first kappa shape index (κ1) is 17.3. The van der Waals surface area contributed by atoms with Crippen molar-refractivity contribution >= 4 is 17.8 Å². The van der Waals surface area contributed by atoms with Gasteiger partial charge in [0, 0.05) is 24.4 Å². The molecule has 1 unspecified atom stereocenters. The molecule has 0 radical (unpaired) electrons. The monoisotopic (exact) mass is 347 g/mol. The van der Waals surface area contributed by atoms with E-state index in [9.17, 15) is 9.18 Å². The van der Waals surface area contributed by atoms with Crippen molar-refractivity contribution in [1.29, 1.82) is 0 Å². The molecular weight excluding hydrogens is 325 g/mol. The first-order valence-electron chi connectivity index (χ1n) is 8.23. The molecular formula is C16H22FN7O. The predicted molar refractivity (Wildman–Crippen MR) is 92.8 cm³/mol. The van der Waals surface area contributed by atoms with Crippen molar-refractivity contribution in [2.75, 3.05) is 5.32 Å². The van der Waals surface area contributed by atoms with E-state index in [1.165, 1.54) is 18.5 Å². The summed E-state index contributed by atoms with van der Waals surface area (Å²) in [6, 6.07) is 1.13. The Morgan fingerprint density at radius 1 is 1.36 bits per heavy atom. The molecule has 3 rings (SSSR count). The first-order valence-corrected chi connectivity index (χ1v) is 8.23. The lowest BCUT2D eigenvalue weighted by Gasteiger charge is -2.39. The van der Waals surface area contributed by atoms with Crippen LogP contribution in [0.1, 0.15) is 25.7 Å². The third-order valence-corrected chi connectivity index (χ3v) is 4.38. The number of carbonyl (C=O) groups excluding carboxylic acids is 1. The van der Waals surface area contributed by atoms with Crippen LogP contribution in [0.25, 0.3) is 0 Å². The van der Waals surface area contributed by atoms with Gasteiger partial charge in [-0.25, -0.2) is 9.38 Å². The Morgan fingerprint density at radius 3 is 2.88 bits per heavy atom. The summed E-state index contributed by atoms with van der Waals surface area (Å²) in [6.07, 6.45) is 9.48. The number of carbonyl (C=O) groups is 1. The van der Waals surface area contributed by atoms with Gasteiger partial charge in [0.05, 0.1) is 18.1 Å². The van der Waals surface area contributed by atoms with Gasteiger partial charge in [-0.05, 0) is 18.9 Å². The highest BCUT2D eigenvalue weighted by molar-refractivity contribution is 5.89. The summed E-state index contributed by atoms with van der Waals surface area (Å²) in [5, 5.41) is 9.09. The van der Waals surface area contributed by atoms with Crippen LogP contribution in [0.4, 0.5) is 10.1 Å². The van der Waals surface area contributed by atoms with E-state index in [4.69, 9.17) is 11.5 Å². The van der Waals surface area contributed by atoms with Gasteiger partial charge in [-0.2, -0.15) is 0 Å². The number of amides is 1. The van der Waals surface area contributed by atoms with Crippen molar-refractivity contribution in [3.05, 3.63) is 36.2 Å². The van der Waals surface area contributed by atoms with E-state index in [0.717, 1.165) is 31.9 Å². The first-order chi connectivity index (χ1) is 12.0. The van der Waals surface area contributed by atoms with Crippen molar-refractivity contribution in [2.45, 2.75) is 43.6 Å². The molecule has 1 amide bonds. The second-order valence-electron chi connectivity index (χ2n) is 6.27. The quantitative estimate of drug-likeness (QED) is 0.515. The van der Waals surface area contributed by atoms with Gasteiger partial charge in [0.15, 0.2) is 0 Å². The smallest absolute Gasteiger partial charge is 0.282 e. The van der Waals surface area contributed by atoms with Gasteiger partial charge >= 0.3 is 0 Å². The van der Waals surface area contributed by atoms with Gasteiger partial charge in [-0.1, -0.05) is 12.8 Å². The van der Waals surface area contributed by atoms with Crippen LogP contribution in [0.5, 0.6) is 0 Å². The van der Waals surface area contributed by atoms with E-state index in [1.807, 2.05) is 0 Å². The van der Waals surface area contributed by atoms with Gasteiger partial charge < -0.3 is 22.1 Å². The number of halogens is 1. The molecule has 25 heavy (non-hydrogen) atoms. The Bertz CT molecular complexity index is 707. The molecule has 1 aromatic heterocycles. The van der Waals surface area contributed by atoms with Crippen LogP contribution in [0.3, 0.4) is 0 Å². The number of primary amides is 1. The highest BCUT2D eigenvalue weighted by Gasteiger charge is 2.41. The van der Waals surface area contributed by atoms with E-state index < -0.39 is 17.5 Å². The fraction of sp³-hybridized carbons (Fsp3) is 0.438. The molecule has 2 aliphatic rings. The molecule has 7 N–H and O–H groups in total. The molecule has 1 saturated carbocycles. The predicted octanol–water partition coefficient (Wildman–Crippen LogP) is 0.147. The fourth-order valence-electron chi connectivity index (χ4n) is 3.08. The van der Waals surface area contributed by atoms with Crippen molar-refractivity contribution in [3.63, 3.8) is 0 Å². The largest absolute Gasteiger partial charge is 0.365 e. The van der Waals surface area contributed by atoms with Crippen LogP contribution >= 0.6 is 0 Å². The number of rotatable bonds is 5. The Kier molecular flexibility index (Phi) is 4.95. The number of pyridine rings is 1. The molecule has 0 aromatic carbocycles. The maximum absolute atomic E-state index is 13.3. The zero-order valence-corrected chi connectivity index (χ0v) is 13.7. The number of aliphatic imine (C=N–C) groups is 1. The molecule has 1 aromatic rings. The van der Waals surface area contributed by atoms with Crippen LogP contribution in [-0.2, 0) is 4.79 Å². The summed E-state index contributed by atoms with van der Waals surface area (Å²) < 4.78 is 13.3. The van der Waals surface area contributed by atoms with Gasteiger partial charge in [0.1, 0.15) is 11.6 Å². The average molecular weight is 347 g/mol. The zero-order valence-electron chi connectivity index (χ0n) is 13.7. The summed E-state index contributed by atoms with van der Waals surface area (Å²) in [5.41, 5.74) is 12.2. The second kappa shape index (κ2) is 7.16. The summed E-state index contributed by atoms with van der Waals surface area (Å²) >= 11 is 0. The molecule has 1 aliphatic carbocycles. The van der Waals surface area contributed by atoms with Gasteiger partial charge in [0.2, 0.25) is 0 Å². The number of nitrogens with zero attached hydrogens (tertiary/aromatic N) is 2. The Hall–Kier alpha value is -2.52. The van der Waals surface area contributed by atoms with Crippen LogP contribution in [-0.4, -0.2) is 35.0 Å². The van der Waals surface area contributed by atoms with Crippen LogP contribution in [0.15, 0.2) is 35.3 Å². The minimum Gasteiger partial charge on any atom is -0.365 e. The van der Waals surface area contributed by atoms with Gasteiger partial charge in [-0.15, -0.1) is 0 Å². The minimum absolute atomic E-state index is 0.0725. The number of nitrogens with two attached hydrogens (primary N) is 2. The zero-order chi connectivity index (χ0) is 17.9. The number of nitrogens with one attached hydrogen (secondary N) is 3. The highest BCUT2D eigenvalue weighted by Crippen LogP contribution is 2.21. The number of allylic oxidation sites excluding steroid dienone is 1. The molecule has 134 valence electrons. The number of hydrogen-bond acceptors (Lipinski definition) is 7. The van der Waals surface area contributed by atoms with Crippen molar-refractivity contribution in [1.82, 2.24) is 15.6 Å². The summed E-state index contributed by atoms with van der Waals surface area (Å²) in [4.78, 5) is 20.1. The molecule has 8 nitrogen and oxygen atoms in total. The highest BCUT2D eigenvalue weighted by atomic mass is 19.1. The third-order valence-electron chi connectivity index (χ3n) is 4.38. The summed E-state index contributed by atoms with van der Waals surface area (Å²) in [5.74, 6) is -2.20. The Labute approximate surface area is 145 Å². The Morgan fingerprint density at radius 2 is 2.16 bits per heavy atom. The van der Waals surface area contributed by atoms with E-state index in [2.05, 4.69) is 25.9 Å². The van der Waals surface area contributed by atoms with Crippen LogP contribution in [0.2, 0.25) is 0 Å². The maximum Gasteiger partial charge on any atom is 0.282 e. The number of anilines is 1. The third kappa shape index (κ3) is 3.94. The molecule has 3 atom stereocenters. The lowest BCUT2D eigenvalue weighted by molar-refractivity contribution is -0.125. The molecule has 0 bridgehead atoms.